The zero-order valence-corrected chi connectivity index (χ0v) is 14.5. The van der Waals surface area contributed by atoms with Gasteiger partial charge in [0.2, 0.25) is 0 Å². The fourth-order valence-corrected chi connectivity index (χ4v) is 4.05. The molecule has 2 rings (SSSR count). The van der Waals surface area contributed by atoms with Crippen molar-refractivity contribution in [3.8, 4) is 0 Å². The lowest BCUT2D eigenvalue weighted by Crippen LogP contribution is -2.55. The maximum absolute atomic E-state index is 13.3. The van der Waals surface area contributed by atoms with Crippen LogP contribution < -0.4 is 0 Å². The van der Waals surface area contributed by atoms with Crippen LogP contribution in [0, 0.1) is 5.82 Å². The molecule has 1 saturated heterocycles. The summed E-state index contributed by atoms with van der Waals surface area (Å²) in [6.07, 6.45) is 4.45. The Morgan fingerprint density at radius 2 is 1.90 bits per heavy atom. The summed E-state index contributed by atoms with van der Waals surface area (Å²) in [4.78, 5) is 2.45. The number of aliphatic hydroxyl groups is 1. The number of halogens is 2. The summed E-state index contributed by atoms with van der Waals surface area (Å²) in [7, 11) is 0. The van der Waals surface area contributed by atoms with Crippen LogP contribution in [0.3, 0.4) is 0 Å². The number of aliphatic hydroxyl groups excluding tert-OH is 1. The highest BCUT2D eigenvalue weighted by atomic mass is 79.9. The molecule has 0 saturated carbocycles. The van der Waals surface area contributed by atoms with Crippen molar-refractivity contribution in [3.63, 3.8) is 0 Å². The van der Waals surface area contributed by atoms with Gasteiger partial charge < -0.3 is 5.11 Å². The first kappa shape index (κ1) is 16.9. The minimum absolute atomic E-state index is 0.155. The van der Waals surface area contributed by atoms with E-state index in [0.29, 0.717) is 10.9 Å². The highest BCUT2D eigenvalue weighted by Crippen LogP contribution is 2.33. The molecule has 21 heavy (non-hydrogen) atoms. The molecule has 1 atom stereocenters. The van der Waals surface area contributed by atoms with Crippen molar-refractivity contribution in [1.29, 1.82) is 0 Å². The van der Waals surface area contributed by atoms with Crippen LogP contribution in [0.4, 0.5) is 4.39 Å². The second kappa shape index (κ2) is 7.21. The van der Waals surface area contributed by atoms with E-state index in [0.717, 1.165) is 31.5 Å². The molecule has 1 aliphatic rings. The van der Waals surface area contributed by atoms with Crippen LogP contribution in [0.5, 0.6) is 0 Å². The molecule has 4 heteroatoms. The number of benzene rings is 1. The van der Waals surface area contributed by atoms with E-state index in [1.165, 1.54) is 18.9 Å². The largest absolute Gasteiger partial charge is 0.391 e. The third-order valence-corrected chi connectivity index (χ3v) is 5.60. The van der Waals surface area contributed by atoms with Crippen LogP contribution in [0.1, 0.15) is 45.1 Å². The third kappa shape index (κ3) is 3.49. The van der Waals surface area contributed by atoms with Crippen molar-refractivity contribution in [2.24, 2.45) is 0 Å². The molecule has 0 radical (unpaired) electrons. The molecule has 1 unspecified atom stereocenters. The lowest BCUT2D eigenvalue weighted by atomic mass is 9.82. The molecule has 0 bridgehead atoms. The first-order valence-corrected chi connectivity index (χ1v) is 8.70. The van der Waals surface area contributed by atoms with Crippen LogP contribution in [0.2, 0.25) is 0 Å². The van der Waals surface area contributed by atoms with Gasteiger partial charge in [0.25, 0.3) is 0 Å². The second-order valence-electron chi connectivity index (χ2n) is 5.97. The Labute approximate surface area is 135 Å². The molecule has 1 N–H and O–H groups in total. The van der Waals surface area contributed by atoms with Crippen molar-refractivity contribution >= 4 is 15.9 Å². The van der Waals surface area contributed by atoms with Gasteiger partial charge in [0.15, 0.2) is 0 Å². The average Bonchev–Trinajstić information content (AvgIpc) is 3.00. The summed E-state index contributed by atoms with van der Waals surface area (Å²) in [6.45, 7) is 6.47. The summed E-state index contributed by atoms with van der Waals surface area (Å²) in [5, 5.41) is 10.9. The molecule has 118 valence electrons. The molecule has 1 heterocycles. The lowest BCUT2D eigenvalue weighted by Gasteiger charge is -2.44. The van der Waals surface area contributed by atoms with E-state index < -0.39 is 6.10 Å². The number of likely N-dealkylation sites (tertiary alicyclic amines) is 1. The quantitative estimate of drug-likeness (QED) is 0.826. The van der Waals surface area contributed by atoms with Gasteiger partial charge in [0, 0.05) is 12.0 Å². The highest BCUT2D eigenvalue weighted by Gasteiger charge is 2.41. The van der Waals surface area contributed by atoms with Gasteiger partial charge in [-0.15, -0.1) is 0 Å². The summed E-state index contributed by atoms with van der Waals surface area (Å²) in [5.74, 6) is -0.259. The SMILES string of the molecule is CCC(CC)(C(O)Cc1ccc(F)c(Br)c1)N1CCCC1. The number of hydrogen-bond donors (Lipinski definition) is 1. The molecule has 0 amide bonds. The molecule has 0 spiro atoms. The van der Waals surface area contributed by atoms with E-state index >= 15 is 0 Å². The topological polar surface area (TPSA) is 23.5 Å². The van der Waals surface area contributed by atoms with Crippen LogP contribution in [-0.2, 0) is 6.42 Å². The van der Waals surface area contributed by atoms with E-state index in [2.05, 4.69) is 34.7 Å². The lowest BCUT2D eigenvalue weighted by molar-refractivity contribution is -0.0270. The van der Waals surface area contributed by atoms with Gasteiger partial charge in [0.05, 0.1) is 10.6 Å². The number of rotatable bonds is 6. The molecule has 1 aromatic carbocycles. The number of hydrogen-bond acceptors (Lipinski definition) is 2. The summed E-state index contributed by atoms with van der Waals surface area (Å²) < 4.78 is 13.8. The molecule has 0 aromatic heterocycles. The van der Waals surface area contributed by atoms with E-state index in [9.17, 15) is 9.50 Å². The smallest absolute Gasteiger partial charge is 0.137 e. The van der Waals surface area contributed by atoms with Crippen LogP contribution >= 0.6 is 15.9 Å². The Kier molecular flexibility index (Phi) is 5.81. The summed E-state index contributed by atoms with van der Waals surface area (Å²) >= 11 is 3.22. The molecular formula is C17H25BrFNO. The van der Waals surface area contributed by atoms with Crippen molar-refractivity contribution in [2.75, 3.05) is 13.1 Å². The Balaban J connectivity index is 2.17. The summed E-state index contributed by atoms with van der Waals surface area (Å²) in [5.41, 5.74) is 0.818. The van der Waals surface area contributed by atoms with Crippen molar-refractivity contribution in [2.45, 2.75) is 57.6 Å². The third-order valence-electron chi connectivity index (χ3n) is 4.99. The average molecular weight is 358 g/mol. The van der Waals surface area contributed by atoms with E-state index in [1.54, 1.807) is 12.1 Å². The predicted molar refractivity (Wildman–Crippen MR) is 87.9 cm³/mol. The Morgan fingerprint density at radius 3 is 2.43 bits per heavy atom. The van der Waals surface area contributed by atoms with Gasteiger partial charge in [-0.3, -0.25) is 4.90 Å². The maximum Gasteiger partial charge on any atom is 0.137 e. The second-order valence-corrected chi connectivity index (χ2v) is 6.83. The van der Waals surface area contributed by atoms with Gasteiger partial charge >= 0.3 is 0 Å². The van der Waals surface area contributed by atoms with E-state index in [4.69, 9.17) is 0 Å². The zero-order chi connectivity index (χ0) is 15.5. The minimum atomic E-state index is -0.428. The van der Waals surface area contributed by atoms with Gasteiger partial charge in [-0.2, -0.15) is 0 Å². The molecule has 1 aliphatic heterocycles. The predicted octanol–water partition coefficient (Wildman–Crippen LogP) is 4.15. The normalized spacial score (nSPS) is 18.1. The van der Waals surface area contributed by atoms with E-state index in [1.807, 2.05) is 0 Å². The number of nitrogens with zero attached hydrogens (tertiary/aromatic N) is 1. The molecular weight excluding hydrogens is 333 g/mol. The Hall–Kier alpha value is -0.450. The Bertz CT molecular complexity index is 470. The maximum atomic E-state index is 13.3. The van der Waals surface area contributed by atoms with Gasteiger partial charge in [-0.05, 0) is 72.4 Å². The standard InChI is InChI=1S/C17H25BrFNO/c1-3-17(4-2,20-9-5-6-10-20)16(21)12-13-7-8-15(19)14(18)11-13/h7-8,11,16,21H,3-6,9-10,12H2,1-2H3. The van der Waals surface area contributed by atoms with Crippen molar-refractivity contribution in [1.82, 2.24) is 4.90 Å². The molecule has 0 aliphatic carbocycles. The Morgan fingerprint density at radius 1 is 1.29 bits per heavy atom. The van der Waals surface area contributed by atoms with Gasteiger partial charge in [-0.1, -0.05) is 19.9 Å². The zero-order valence-electron chi connectivity index (χ0n) is 12.9. The highest BCUT2D eigenvalue weighted by molar-refractivity contribution is 9.10. The molecule has 1 aromatic rings. The molecule has 1 fully saturated rings. The van der Waals surface area contributed by atoms with Gasteiger partial charge in [-0.25, -0.2) is 4.39 Å². The monoisotopic (exact) mass is 357 g/mol. The summed E-state index contributed by atoms with van der Waals surface area (Å²) in [6, 6.07) is 5.00. The fourth-order valence-electron chi connectivity index (χ4n) is 3.62. The van der Waals surface area contributed by atoms with Crippen molar-refractivity contribution < 1.29 is 9.50 Å². The fraction of sp³-hybridized carbons (Fsp3) is 0.647. The first-order chi connectivity index (χ1) is 10.0. The first-order valence-electron chi connectivity index (χ1n) is 7.90. The molecule has 2 nitrogen and oxygen atoms in total. The van der Waals surface area contributed by atoms with Crippen LogP contribution in [-0.4, -0.2) is 34.7 Å². The van der Waals surface area contributed by atoms with Crippen LogP contribution in [0.25, 0.3) is 0 Å². The van der Waals surface area contributed by atoms with Crippen molar-refractivity contribution in [3.05, 3.63) is 34.1 Å². The van der Waals surface area contributed by atoms with Gasteiger partial charge in [0.1, 0.15) is 5.82 Å². The minimum Gasteiger partial charge on any atom is -0.391 e. The van der Waals surface area contributed by atoms with E-state index in [-0.39, 0.29) is 11.4 Å². The van der Waals surface area contributed by atoms with Crippen LogP contribution in [0.15, 0.2) is 22.7 Å².